The minimum Gasteiger partial charge on any atom is -0.452 e. The molecule has 30 heavy (non-hydrogen) atoms. The molecule has 1 aliphatic rings. The van der Waals surface area contributed by atoms with Gasteiger partial charge < -0.3 is 24.1 Å². The molecule has 8 heteroatoms. The summed E-state index contributed by atoms with van der Waals surface area (Å²) in [6.45, 7) is 1.57. The summed E-state index contributed by atoms with van der Waals surface area (Å²) in [4.78, 5) is 25.3. The lowest BCUT2D eigenvalue weighted by Gasteiger charge is -2.29. The van der Waals surface area contributed by atoms with Gasteiger partial charge in [-0.05, 0) is 30.7 Å². The average Bonchev–Trinajstić information content (AvgIpc) is 3.04. The highest BCUT2D eigenvalue weighted by molar-refractivity contribution is 7.16. The van der Waals surface area contributed by atoms with Crippen molar-refractivity contribution in [2.45, 2.75) is 37.4 Å². The summed E-state index contributed by atoms with van der Waals surface area (Å²) in [5, 5.41) is 11.1. The molecule has 0 radical (unpaired) electrons. The van der Waals surface area contributed by atoms with Crippen LogP contribution in [0.25, 0.3) is 0 Å². The number of hydrogen-bond donors (Lipinski definition) is 1. The number of carbonyl (C=O) groups is 2. The van der Waals surface area contributed by atoms with Crippen LogP contribution in [0.15, 0.2) is 60.7 Å². The van der Waals surface area contributed by atoms with Crippen molar-refractivity contribution in [2.75, 3.05) is 13.0 Å². The number of carbonyl (C=O) groups excluding carboxylic acids is 2. The zero-order chi connectivity index (χ0) is 21.6. The van der Waals surface area contributed by atoms with Gasteiger partial charge in [0.2, 0.25) is 5.79 Å². The van der Waals surface area contributed by atoms with E-state index in [0.717, 1.165) is 0 Å². The van der Waals surface area contributed by atoms with Crippen molar-refractivity contribution in [1.82, 2.24) is 0 Å². The molecule has 3 rings (SSSR count). The topological polar surface area (TPSA) is 91.3 Å². The van der Waals surface area contributed by atoms with E-state index in [0.29, 0.717) is 17.5 Å². The fourth-order valence-corrected chi connectivity index (χ4v) is 3.42. The SMILES string of the molecule is CC[C@@H]1O[C@@](O)(COCP)C(OC(=O)c2ccccc2)[C@H]1OC(=O)c1ccccc1. The van der Waals surface area contributed by atoms with Crippen molar-refractivity contribution < 1.29 is 33.6 Å². The highest BCUT2D eigenvalue weighted by Crippen LogP contribution is 2.36. The van der Waals surface area contributed by atoms with Gasteiger partial charge in [0, 0.05) is 0 Å². The van der Waals surface area contributed by atoms with Crippen LogP contribution in [0.3, 0.4) is 0 Å². The van der Waals surface area contributed by atoms with Gasteiger partial charge in [0.15, 0.2) is 12.2 Å². The molecule has 2 aromatic carbocycles. The molecule has 1 aliphatic heterocycles. The number of ether oxygens (including phenoxy) is 4. The fourth-order valence-electron chi connectivity index (χ4n) is 3.31. The van der Waals surface area contributed by atoms with Gasteiger partial charge in [-0.2, -0.15) is 0 Å². The van der Waals surface area contributed by atoms with Gasteiger partial charge >= 0.3 is 11.9 Å². The Kier molecular flexibility index (Phi) is 7.56. The normalized spacial score (nSPS) is 25.6. The highest BCUT2D eigenvalue weighted by atomic mass is 31.0. The molecule has 160 valence electrons. The Hall–Kier alpha value is -2.31. The molecular weight excluding hydrogens is 407 g/mol. The molecule has 0 amide bonds. The van der Waals surface area contributed by atoms with E-state index >= 15 is 0 Å². The molecule has 1 saturated heterocycles. The zero-order valence-electron chi connectivity index (χ0n) is 16.6. The third-order valence-corrected chi connectivity index (χ3v) is 5.03. The number of hydrogen-bond acceptors (Lipinski definition) is 7. The van der Waals surface area contributed by atoms with Crippen LogP contribution in [0.2, 0.25) is 0 Å². The van der Waals surface area contributed by atoms with Crippen LogP contribution >= 0.6 is 9.24 Å². The Morgan fingerprint density at radius 3 is 2.03 bits per heavy atom. The van der Waals surface area contributed by atoms with Gasteiger partial charge in [-0.1, -0.05) is 43.3 Å². The first kappa shape index (κ1) is 22.4. The van der Waals surface area contributed by atoms with Crippen LogP contribution in [-0.4, -0.2) is 54.1 Å². The van der Waals surface area contributed by atoms with E-state index in [-0.39, 0.29) is 13.0 Å². The number of esters is 2. The van der Waals surface area contributed by atoms with E-state index in [1.165, 1.54) is 0 Å². The molecule has 1 fully saturated rings. The Balaban J connectivity index is 1.87. The van der Waals surface area contributed by atoms with Gasteiger partial charge in [0.25, 0.3) is 0 Å². The summed E-state index contributed by atoms with van der Waals surface area (Å²) in [7, 11) is 2.37. The maximum absolute atomic E-state index is 12.7. The number of aliphatic hydroxyl groups is 1. The quantitative estimate of drug-likeness (QED) is 0.507. The monoisotopic (exact) mass is 432 g/mol. The fraction of sp³-hybridized carbons (Fsp3) is 0.364. The lowest BCUT2D eigenvalue weighted by atomic mass is 10.0. The highest BCUT2D eigenvalue weighted by Gasteiger charge is 2.58. The molecule has 0 saturated carbocycles. The van der Waals surface area contributed by atoms with Crippen LogP contribution in [0, 0.1) is 0 Å². The molecule has 1 heterocycles. The Labute approximate surface area is 177 Å². The van der Waals surface area contributed by atoms with Crippen molar-refractivity contribution in [1.29, 1.82) is 0 Å². The Bertz CT molecular complexity index is 845. The first-order chi connectivity index (χ1) is 14.5. The van der Waals surface area contributed by atoms with Crippen molar-refractivity contribution in [3.63, 3.8) is 0 Å². The van der Waals surface area contributed by atoms with Crippen molar-refractivity contribution >= 4 is 21.2 Å². The summed E-state index contributed by atoms with van der Waals surface area (Å²) in [6, 6.07) is 16.8. The summed E-state index contributed by atoms with van der Waals surface area (Å²) in [6.07, 6.45) is -2.27. The van der Waals surface area contributed by atoms with Gasteiger partial charge in [0.05, 0.1) is 17.5 Å². The molecule has 1 N–H and O–H groups in total. The second-order valence-corrected chi connectivity index (χ2v) is 7.19. The Morgan fingerprint density at radius 2 is 1.53 bits per heavy atom. The maximum Gasteiger partial charge on any atom is 0.338 e. The molecule has 7 nitrogen and oxygen atoms in total. The standard InChI is InChI=1S/C22H25O7P/c1-2-17-18(27-20(23)15-9-5-3-6-10-15)19(22(25,29-17)13-26-14-30)28-21(24)16-11-7-4-8-12-16/h3-12,17-19,25H,2,13-14,30H2,1H3/t17-,18-,19?,22-/m0/s1. The lowest BCUT2D eigenvalue weighted by Crippen LogP contribution is -2.50. The lowest BCUT2D eigenvalue weighted by molar-refractivity contribution is -0.250. The summed E-state index contributed by atoms with van der Waals surface area (Å²) in [5.74, 6) is -3.21. The van der Waals surface area contributed by atoms with Crippen LogP contribution in [0.1, 0.15) is 34.1 Å². The Morgan fingerprint density at radius 1 is 1.00 bits per heavy atom. The number of rotatable bonds is 8. The first-order valence-corrected chi connectivity index (χ1v) is 10.5. The minimum atomic E-state index is -1.96. The minimum absolute atomic E-state index is 0.246. The van der Waals surface area contributed by atoms with Crippen LogP contribution in [-0.2, 0) is 18.9 Å². The first-order valence-electron chi connectivity index (χ1n) is 9.68. The smallest absolute Gasteiger partial charge is 0.338 e. The third kappa shape index (κ3) is 5.05. The van der Waals surface area contributed by atoms with Gasteiger partial charge in [-0.3, -0.25) is 0 Å². The zero-order valence-corrected chi connectivity index (χ0v) is 17.8. The van der Waals surface area contributed by atoms with E-state index in [2.05, 4.69) is 9.24 Å². The van der Waals surface area contributed by atoms with E-state index in [1.54, 1.807) is 60.7 Å². The second kappa shape index (κ2) is 10.1. The largest absolute Gasteiger partial charge is 0.452 e. The summed E-state index contributed by atoms with van der Waals surface area (Å²) in [5.41, 5.74) is 0.650. The summed E-state index contributed by atoms with van der Waals surface area (Å²) >= 11 is 0. The third-order valence-electron chi connectivity index (χ3n) is 4.79. The molecule has 2 aromatic rings. The van der Waals surface area contributed by atoms with Crippen molar-refractivity contribution in [3.8, 4) is 0 Å². The molecule has 0 spiro atoms. The van der Waals surface area contributed by atoms with Gasteiger partial charge in [0.1, 0.15) is 12.7 Å². The maximum atomic E-state index is 12.7. The van der Waals surface area contributed by atoms with Crippen molar-refractivity contribution in [3.05, 3.63) is 71.8 Å². The average molecular weight is 432 g/mol. The van der Waals surface area contributed by atoms with Crippen LogP contribution < -0.4 is 0 Å². The molecule has 0 bridgehead atoms. The predicted octanol–water partition coefficient (Wildman–Crippen LogP) is 2.78. The van der Waals surface area contributed by atoms with Crippen LogP contribution in [0.5, 0.6) is 0 Å². The molecule has 5 atom stereocenters. The van der Waals surface area contributed by atoms with Gasteiger partial charge in [-0.15, -0.1) is 9.24 Å². The van der Waals surface area contributed by atoms with Gasteiger partial charge in [-0.25, -0.2) is 9.59 Å². The van der Waals surface area contributed by atoms with E-state index in [1.807, 2.05) is 6.92 Å². The molecule has 0 aromatic heterocycles. The predicted molar refractivity (Wildman–Crippen MR) is 112 cm³/mol. The van der Waals surface area contributed by atoms with E-state index < -0.39 is 36.0 Å². The van der Waals surface area contributed by atoms with E-state index in [4.69, 9.17) is 18.9 Å². The second-order valence-electron chi connectivity index (χ2n) is 6.85. The van der Waals surface area contributed by atoms with Crippen LogP contribution in [0.4, 0.5) is 0 Å². The number of benzene rings is 2. The molecular formula is C22H25O7P. The van der Waals surface area contributed by atoms with Crippen molar-refractivity contribution in [2.24, 2.45) is 0 Å². The summed E-state index contributed by atoms with van der Waals surface area (Å²) < 4.78 is 22.4. The molecule has 2 unspecified atom stereocenters. The molecule has 0 aliphatic carbocycles. The van der Waals surface area contributed by atoms with E-state index in [9.17, 15) is 14.7 Å².